The van der Waals surface area contributed by atoms with E-state index in [1.807, 2.05) is 30.3 Å². The van der Waals surface area contributed by atoms with Gasteiger partial charge in [-0.3, -0.25) is 10.3 Å². The maximum Gasteiger partial charge on any atom is 0.103 e. The lowest BCUT2D eigenvalue weighted by Gasteiger charge is -2.09. The summed E-state index contributed by atoms with van der Waals surface area (Å²) in [6.45, 7) is -0.234. The summed E-state index contributed by atoms with van der Waals surface area (Å²) in [4.78, 5) is 4.91. The summed E-state index contributed by atoms with van der Waals surface area (Å²) < 4.78 is 0. The molecule has 0 heterocycles. The van der Waals surface area contributed by atoms with Crippen molar-refractivity contribution in [3.63, 3.8) is 0 Å². The minimum absolute atomic E-state index is 0. The fourth-order valence-corrected chi connectivity index (χ4v) is 0.780. The second kappa shape index (κ2) is 9.38. The average Bonchev–Trinajstić information content (AvgIpc) is 2.19. The first kappa shape index (κ1) is 16.3. The SMILES string of the molecule is O.O.OCC(O)CONc1ccccc1. The van der Waals surface area contributed by atoms with Gasteiger partial charge >= 0.3 is 0 Å². The van der Waals surface area contributed by atoms with Crippen LogP contribution in [0.15, 0.2) is 30.3 Å². The van der Waals surface area contributed by atoms with E-state index in [1.165, 1.54) is 0 Å². The summed E-state index contributed by atoms with van der Waals surface area (Å²) in [5.41, 5.74) is 3.45. The van der Waals surface area contributed by atoms with Gasteiger partial charge in [-0.15, -0.1) is 0 Å². The number of nitrogens with one attached hydrogen (secondary N) is 1. The van der Waals surface area contributed by atoms with E-state index in [4.69, 9.17) is 15.1 Å². The highest BCUT2D eigenvalue weighted by Gasteiger charge is 2.00. The second-order valence-corrected chi connectivity index (χ2v) is 2.62. The van der Waals surface area contributed by atoms with E-state index in [-0.39, 0.29) is 24.2 Å². The lowest BCUT2D eigenvalue weighted by atomic mass is 10.3. The Hall–Kier alpha value is -1.18. The van der Waals surface area contributed by atoms with Gasteiger partial charge in [0.25, 0.3) is 0 Å². The van der Waals surface area contributed by atoms with Crippen molar-refractivity contribution in [1.29, 1.82) is 0 Å². The van der Waals surface area contributed by atoms with Crippen LogP contribution in [0.1, 0.15) is 0 Å². The molecule has 6 nitrogen and oxygen atoms in total. The molecule has 0 saturated carbocycles. The summed E-state index contributed by atoms with van der Waals surface area (Å²) >= 11 is 0. The van der Waals surface area contributed by atoms with E-state index in [0.717, 1.165) is 5.69 Å². The number of anilines is 1. The van der Waals surface area contributed by atoms with Gasteiger partial charge < -0.3 is 21.2 Å². The smallest absolute Gasteiger partial charge is 0.103 e. The minimum Gasteiger partial charge on any atom is -0.412 e. The zero-order chi connectivity index (χ0) is 9.52. The zero-order valence-corrected chi connectivity index (χ0v) is 8.18. The number of para-hydroxylation sites is 1. The maximum absolute atomic E-state index is 8.92. The molecule has 1 aromatic carbocycles. The van der Waals surface area contributed by atoms with Crippen LogP contribution in [0.5, 0.6) is 0 Å². The molecule has 1 unspecified atom stereocenters. The van der Waals surface area contributed by atoms with Gasteiger partial charge in [-0.25, -0.2) is 0 Å². The first-order chi connectivity index (χ1) is 6.33. The van der Waals surface area contributed by atoms with Crippen LogP contribution < -0.4 is 5.48 Å². The number of aliphatic hydroxyl groups is 2. The Bertz CT molecular complexity index is 231. The lowest BCUT2D eigenvalue weighted by Crippen LogP contribution is -2.21. The third-order valence-electron chi connectivity index (χ3n) is 1.45. The van der Waals surface area contributed by atoms with Crippen LogP contribution in [0.25, 0.3) is 0 Å². The molecule has 0 bridgehead atoms. The summed E-state index contributed by atoms with van der Waals surface area (Å²) in [6, 6.07) is 9.31. The van der Waals surface area contributed by atoms with Crippen molar-refractivity contribution in [2.24, 2.45) is 0 Å². The molecule has 0 saturated heterocycles. The van der Waals surface area contributed by atoms with Crippen LogP contribution in [0.3, 0.4) is 0 Å². The average molecular weight is 219 g/mol. The molecular weight excluding hydrogens is 202 g/mol. The Balaban J connectivity index is 0. The zero-order valence-electron chi connectivity index (χ0n) is 8.18. The van der Waals surface area contributed by atoms with E-state index >= 15 is 0 Å². The van der Waals surface area contributed by atoms with Crippen LogP contribution in [-0.4, -0.2) is 40.5 Å². The molecule has 15 heavy (non-hydrogen) atoms. The van der Waals surface area contributed by atoms with Crippen molar-refractivity contribution in [1.82, 2.24) is 0 Å². The van der Waals surface area contributed by atoms with Crippen molar-refractivity contribution in [2.75, 3.05) is 18.7 Å². The van der Waals surface area contributed by atoms with Gasteiger partial charge in [-0.1, -0.05) is 18.2 Å². The van der Waals surface area contributed by atoms with Gasteiger partial charge in [0.2, 0.25) is 0 Å². The molecule has 1 atom stereocenters. The number of aliphatic hydroxyl groups excluding tert-OH is 2. The number of benzene rings is 1. The standard InChI is InChI=1S/C9H13NO3.2H2O/c11-6-9(12)7-13-10-8-4-2-1-3-5-8;;/h1-5,9-12H,6-7H2;2*1H2. The van der Waals surface area contributed by atoms with Crippen molar-refractivity contribution in [3.05, 3.63) is 30.3 Å². The monoisotopic (exact) mass is 219 g/mol. The molecule has 0 aliphatic heterocycles. The van der Waals surface area contributed by atoms with Crippen molar-refractivity contribution in [2.45, 2.75) is 6.10 Å². The number of hydrogen-bond donors (Lipinski definition) is 3. The van der Waals surface area contributed by atoms with Crippen molar-refractivity contribution >= 4 is 5.69 Å². The van der Waals surface area contributed by atoms with Crippen LogP contribution in [0.4, 0.5) is 5.69 Å². The quantitative estimate of drug-likeness (QED) is 0.534. The van der Waals surface area contributed by atoms with Gasteiger partial charge in [0.1, 0.15) is 12.7 Å². The predicted molar refractivity (Wildman–Crippen MR) is 56.3 cm³/mol. The molecular formula is C9H17NO5. The Morgan fingerprint density at radius 2 is 1.80 bits per heavy atom. The fourth-order valence-electron chi connectivity index (χ4n) is 0.780. The van der Waals surface area contributed by atoms with Crippen LogP contribution in [-0.2, 0) is 4.84 Å². The van der Waals surface area contributed by atoms with Crippen molar-refractivity contribution in [3.8, 4) is 0 Å². The molecule has 1 aromatic rings. The second-order valence-electron chi connectivity index (χ2n) is 2.62. The predicted octanol–water partition coefficient (Wildman–Crippen LogP) is -1.27. The molecule has 0 aliphatic rings. The van der Waals surface area contributed by atoms with Gasteiger partial charge in [-0.05, 0) is 12.1 Å². The topological polar surface area (TPSA) is 125 Å². The molecule has 0 aliphatic carbocycles. The molecule has 6 heteroatoms. The molecule has 0 fully saturated rings. The Labute approximate surface area is 87.7 Å². The van der Waals surface area contributed by atoms with Gasteiger partial charge in [0.15, 0.2) is 0 Å². The largest absolute Gasteiger partial charge is 0.412 e. The molecule has 88 valence electrons. The number of rotatable bonds is 5. The highest BCUT2D eigenvalue weighted by atomic mass is 16.6. The van der Waals surface area contributed by atoms with E-state index < -0.39 is 6.10 Å². The Kier molecular flexibility index (Phi) is 10.2. The normalized spacial score (nSPS) is 10.8. The van der Waals surface area contributed by atoms with E-state index in [1.54, 1.807) is 0 Å². The summed E-state index contributed by atoms with van der Waals surface area (Å²) in [6.07, 6.45) is -0.837. The maximum atomic E-state index is 8.92. The third-order valence-corrected chi connectivity index (χ3v) is 1.45. The van der Waals surface area contributed by atoms with Gasteiger partial charge in [0.05, 0.1) is 12.3 Å². The summed E-state index contributed by atoms with van der Waals surface area (Å²) in [5, 5.41) is 17.4. The van der Waals surface area contributed by atoms with Crippen LogP contribution >= 0.6 is 0 Å². The third kappa shape index (κ3) is 6.83. The molecule has 0 amide bonds. The van der Waals surface area contributed by atoms with E-state index in [2.05, 4.69) is 5.48 Å². The Morgan fingerprint density at radius 1 is 1.20 bits per heavy atom. The van der Waals surface area contributed by atoms with Crippen LogP contribution in [0, 0.1) is 0 Å². The van der Waals surface area contributed by atoms with Crippen LogP contribution in [0.2, 0.25) is 0 Å². The molecule has 0 spiro atoms. The molecule has 0 radical (unpaired) electrons. The minimum atomic E-state index is -0.837. The van der Waals surface area contributed by atoms with Gasteiger partial charge in [-0.2, -0.15) is 0 Å². The van der Waals surface area contributed by atoms with Gasteiger partial charge in [0, 0.05) is 0 Å². The van der Waals surface area contributed by atoms with E-state index in [0.29, 0.717) is 0 Å². The molecule has 1 rings (SSSR count). The summed E-state index contributed by atoms with van der Waals surface area (Å²) in [5.74, 6) is 0. The fraction of sp³-hybridized carbons (Fsp3) is 0.333. The van der Waals surface area contributed by atoms with E-state index in [9.17, 15) is 0 Å². The van der Waals surface area contributed by atoms with Crippen molar-refractivity contribution < 1.29 is 26.0 Å². The lowest BCUT2D eigenvalue weighted by molar-refractivity contribution is 0.0246. The first-order valence-corrected chi connectivity index (χ1v) is 4.04. The molecule has 7 N–H and O–H groups in total. The highest BCUT2D eigenvalue weighted by molar-refractivity contribution is 5.39. The highest BCUT2D eigenvalue weighted by Crippen LogP contribution is 2.04. The first-order valence-electron chi connectivity index (χ1n) is 4.04. The molecule has 0 aromatic heterocycles. The number of hydrogen-bond acceptors (Lipinski definition) is 4. The summed E-state index contributed by atoms with van der Waals surface area (Å²) in [7, 11) is 0. The Morgan fingerprint density at radius 3 is 2.33 bits per heavy atom.